The first-order chi connectivity index (χ1) is 10.6. The van der Waals surface area contributed by atoms with Gasteiger partial charge in [0.2, 0.25) is 0 Å². The lowest BCUT2D eigenvalue weighted by Crippen LogP contribution is -2.39. The van der Waals surface area contributed by atoms with E-state index in [0.717, 1.165) is 44.0 Å². The third-order valence-corrected chi connectivity index (χ3v) is 4.75. The maximum absolute atomic E-state index is 10.6. The van der Waals surface area contributed by atoms with Crippen molar-refractivity contribution < 1.29 is 28.7 Å². The van der Waals surface area contributed by atoms with E-state index in [1.807, 2.05) is 0 Å². The number of aliphatic hydroxyl groups excluding tert-OH is 1. The van der Waals surface area contributed by atoms with E-state index in [4.69, 9.17) is 4.89 Å². The highest BCUT2D eigenvalue weighted by Gasteiger charge is 2.18. The summed E-state index contributed by atoms with van der Waals surface area (Å²) >= 11 is 1.53. The van der Waals surface area contributed by atoms with Crippen LogP contribution in [0.25, 0.3) is 0 Å². The Bertz CT molecular complexity index is 321. The Morgan fingerprint density at radius 3 is 2.55 bits per heavy atom. The zero-order valence-corrected chi connectivity index (χ0v) is 14.4. The zero-order valence-electron chi connectivity index (χ0n) is 12.6. The molecule has 9 heteroatoms. The van der Waals surface area contributed by atoms with Crippen molar-refractivity contribution in [3.63, 3.8) is 0 Å². The van der Waals surface area contributed by atoms with Crippen molar-refractivity contribution in [2.75, 3.05) is 18.9 Å². The third-order valence-electron chi connectivity index (χ3n) is 2.89. The van der Waals surface area contributed by atoms with Gasteiger partial charge < -0.3 is 24.1 Å². The molecule has 22 heavy (non-hydrogen) atoms. The lowest BCUT2D eigenvalue weighted by molar-refractivity contribution is -0.109. The fourth-order valence-electron chi connectivity index (χ4n) is 1.76. The molecular weight excluding hydrogens is 329 g/mol. The molecular formula is C13H26NO6PS. The summed E-state index contributed by atoms with van der Waals surface area (Å²) in [6.45, 7) is 0.698. The molecule has 0 saturated heterocycles. The number of rotatable bonds is 16. The van der Waals surface area contributed by atoms with Crippen LogP contribution in [0.2, 0.25) is 0 Å². The zero-order chi connectivity index (χ0) is 16.6. The van der Waals surface area contributed by atoms with Crippen LogP contribution in [0.5, 0.6) is 0 Å². The Morgan fingerprint density at radius 2 is 1.91 bits per heavy atom. The molecule has 130 valence electrons. The summed E-state index contributed by atoms with van der Waals surface area (Å²) in [6, 6.07) is 0. The van der Waals surface area contributed by atoms with Crippen LogP contribution >= 0.6 is 20.0 Å². The number of aliphatic hydroxyl groups is 1. The normalized spacial score (nSPS) is 15.2. The van der Waals surface area contributed by atoms with E-state index < -0.39 is 14.5 Å². The lowest BCUT2D eigenvalue weighted by atomic mass is 10.2. The second kappa shape index (κ2) is 15.6. The Kier molecular flexibility index (Phi) is 15.5. The minimum atomic E-state index is -2.81. The summed E-state index contributed by atoms with van der Waals surface area (Å²) in [4.78, 5) is 29.3. The number of nitrogens with one attached hydrogen (secondary N) is 1. The van der Waals surface area contributed by atoms with E-state index in [-0.39, 0.29) is 11.7 Å². The van der Waals surface area contributed by atoms with Crippen LogP contribution in [0.3, 0.4) is 0 Å². The number of aldehydes is 2. The Hall–Kier alpha value is -0.240. The third kappa shape index (κ3) is 13.4. The summed E-state index contributed by atoms with van der Waals surface area (Å²) in [7, 11) is -2.81. The molecule has 7 nitrogen and oxygen atoms in total. The monoisotopic (exact) mass is 355 g/mol. The molecule has 0 aromatic heterocycles. The molecule has 0 saturated carbocycles. The van der Waals surface area contributed by atoms with Crippen molar-refractivity contribution >= 4 is 32.6 Å². The average molecular weight is 355 g/mol. The van der Waals surface area contributed by atoms with Crippen molar-refractivity contribution in [2.45, 2.75) is 50.0 Å². The minimum Gasteiger partial charge on any atom is -0.377 e. The van der Waals surface area contributed by atoms with E-state index in [1.54, 1.807) is 0 Å². The number of hydrogen-bond acceptors (Lipinski definition) is 7. The summed E-state index contributed by atoms with van der Waals surface area (Å²) in [5, 5.41) is 12.5. The standard InChI is InChI=1S/C13H26NO6PS/c15-8-5-7-14-13(17)12(6-9-16)22-11-4-2-1-3-10-20-21(18)19/h8-9,12-14,17,21H,1-7,10-11H2,(H,18,19). The van der Waals surface area contributed by atoms with E-state index in [2.05, 4.69) is 9.84 Å². The second-order valence-electron chi connectivity index (χ2n) is 4.69. The first-order valence-electron chi connectivity index (χ1n) is 7.37. The molecule has 0 bridgehead atoms. The van der Waals surface area contributed by atoms with Gasteiger partial charge in [-0.3, -0.25) is 9.88 Å². The number of thioether (sulfide) groups is 1. The van der Waals surface area contributed by atoms with Crippen LogP contribution in [0.1, 0.15) is 38.5 Å². The van der Waals surface area contributed by atoms with Crippen LogP contribution in [-0.2, 0) is 18.7 Å². The van der Waals surface area contributed by atoms with Gasteiger partial charge in [0.25, 0.3) is 0 Å². The maximum atomic E-state index is 10.6. The molecule has 3 N–H and O–H groups in total. The smallest absolute Gasteiger partial charge is 0.316 e. The van der Waals surface area contributed by atoms with Crippen LogP contribution in [0.4, 0.5) is 0 Å². The molecule has 3 atom stereocenters. The Labute approximate surface area is 136 Å². The lowest BCUT2D eigenvalue weighted by Gasteiger charge is -2.21. The number of unbranched alkanes of at least 4 members (excludes halogenated alkanes) is 3. The average Bonchev–Trinajstić information content (AvgIpc) is 2.48. The van der Waals surface area contributed by atoms with Gasteiger partial charge in [0.15, 0.2) is 0 Å². The van der Waals surface area contributed by atoms with Gasteiger partial charge in [-0.25, -0.2) is 0 Å². The number of hydrogen-bond donors (Lipinski definition) is 3. The molecule has 0 radical (unpaired) electrons. The molecule has 0 fully saturated rings. The predicted molar refractivity (Wildman–Crippen MR) is 87.3 cm³/mol. The van der Waals surface area contributed by atoms with Crippen LogP contribution in [0.15, 0.2) is 0 Å². The highest BCUT2D eigenvalue weighted by atomic mass is 32.2. The SMILES string of the molecule is O=CCCNC(O)C(CC=O)SCCCCCCO[PH](=O)O. The van der Waals surface area contributed by atoms with E-state index in [0.29, 0.717) is 19.6 Å². The van der Waals surface area contributed by atoms with Gasteiger partial charge in [0.1, 0.15) is 18.8 Å². The fourth-order valence-corrected chi connectivity index (χ4v) is 3.24. The molecule has 0 heterocycles. The molecule has 0 aliphatic heterocycles. The highest BCUT2D eigenvalue weighted by Crippen LogP contribution is 2.20. The van der Waals surface area contributed by atoms with Gasteiger partial charge >= 0.3 is 8.25 Å². The quantitative estimate of drug-likeness (QED) is 0.163. The molecule has 0 aliphatic rings. The number of carbonyl (C=O) groups is 2. The van der Waals surface area contributed by atoms with Crippen LogP contribution in [0, 0.1) is 0 Å². The summed E-state index contributed by atoms with van der Waals surface area (Å²) in [6.07, 6.45) is 4.92. The Balaban J connectivity index is 3.69. The van der Waals surface area contributed by atoms with Crippen molar-refractivity contribution in [2.24, 2.45) is 0 Å². The van der Waals surface area contributed by atoms with Gasteiger partial charge in [-0.05, 0) is 18.6 Å². The second-order valence-corrected chi connectivity index (χ2v) is 6.86. The molecule has 0 rings (SSSR count). The Morgan fingerprint density at radius 1 is 1.18 bits per heavy atom. The molecule has 3 unspecified atom stereocenters. The molecule has 0 aromatic carbocycles. The van der Waals surface area contributed by atoms with Crippen LogP contribution in [-0.4, -0.2) is 53.0 Å². The molecule has 0 aromatic rings. The summed E-state index contributed by atoms with van der Waals surface area (Å²) < 4.78 is 14.9. The highest BCUT2D eigenvalue weighted by molar-refractivity contribution is 7.99. The maximum Gasteiger partial charge on any atom is 0.316 e. The predicted octanol–water partition coefficient (Wildman–Crippen LogP) is 1.13. The number of carbonyl (C=O) groups excluding carboxylic acids is 2. The van der Waals surface area contributed by atoms with Gasteiger partial charge in [0.05, 0.1) is 11.9 Å². The topological polar surface area (TPSA) is 113 Å². The van der Waals surface area contributed by atoms with E-state index in [1.165, 1.54) is 11.8 Å². The molecule has 0 amide bonds. The minimum absolute atomic E-state index is 0.215. The van der Waals surface area contributed by atoms with E-state index >= 15 is 0 Å². The van der Waals surface area contributed by atoms with Crippen molar-refractivity contribution in [1.29, 1.82) is 0 Å². The molecule has 0 aliphatic carbocycles. The summed E-state index contributed by atoms with van der Waals surface area (Å²) in [5.74, 6) is 0.822. The van der Waals surface area contributed by atoms with Crippen LogP contribution < -0.4 is 5.32 Å². The van der Waals surface area contributed by atoms with Gasteiger partial charge in [0, 0.05) is 19.4 Å². The van der Waals surface area contributed by atoms with Crippen molar-refractivity contribution in [1.82, 2.24) is 5.32 Å². The van der Waals surface area contributed by atoms with Gasteiger partial charge in [-0.2, -0.15) is 11.8 Å². The molecule has 0 spiro atoms. The van der Waals surface area contributed by atoms with Crippen molar-refractivity contribution in [3.8, 4) is 0 Å². The van der Waals surface area contributed by atoms with Gasteiger partial charge in [-0.15, -0.1) is 0 Å². The van der Waals surface area contributed by atoms with Gasteiger partial charge in [-0.1, -0.05) is 12.8 Å². The fraction of sp³-hybridized carbons (Fsp3) is 0.846. The first kappa shape index (κ1) is 21.8. The van der Waals surface area contributed by atoms with E-state index in [9.17, 15) is 19.3 Å². The largest absolute Gasteiger partial charge is 0.377 e. The summed E-state index contributed by atoms with van der Waals surface area (Å²) in [5.41, 5.74) is 0. The first-order valence-corrected chi connectivity index (χ1v) is 9.69. The van der Waals surface area contributed by atoms with Crippen molar-refractivity contribution in [3.05, 3.63) is 0 Å².